The molecule has 2 heterocycles. The van der Waals surface area contributed by atoms with Gasteiger partial charge < -0.3 is 0 Å². The van der Waals surface area contributed by atoms with E-state index in [0.29, 0.717) is 0 Å². The van der Waals surface area contributed by atoms with Crippen LogP contribution in [0.3, 0.4) is 0 Å². The molecule has 0 aromatic heterocycles. The molecule has 2 fully saturated rings. The molecule has 5 heteroatoms. The summed E-state index contributed by atoms with van der Waals surface area (Å²) in [5.74, 6) is 0.138. The van der Waals surface area contributed by atoms with E-state index >= 15 is 0 Å². The van der Waals surface area contributed by atoms with Crippen molar-refractivity contribution in [3.8, 4) is 0 Å². The number of fused-ring (bicyclic) bond motifs is 8. The molecule has 8 atom stereocenters. The predicted molar refractivity (Wildman–Crippen MR) is 321 cm³/mol. The van der Waals surface area contributed by atoms with Gasteiger partial charge in [-0.1, -0.05) is 0 Å². The van der Waals surface area contributed by atoms with Crippen LogP contribution in [0.4, 0.5) is 0 Å². The molecule has 0 saturated carbocycles. The summed E-state index contributed by atoms with van der Waals surface area (Å²) < 4.78 is -2.51. The van der Waals surface area contributed by atoms with E-state index in [1.807, 2.05) is 0 Å². The van der Waals surface area contributed by atoms with E-state index in [2.05, 4.69) is 284 Å². The second-order valence-corrected chi connectivity index (χ2v) is 77.9. The van der Waals surface area contributed by atoms with Gasteiger partial charge in [-0.15, -0.1) is 0 Å². The Balaban J connectivity index is 1.22. The molecular formula is C70H64Cl2HfSi2. The van der Waals surface area contributed by atoms with Gasteiger partial charge in [0.1, 0.15) is 0 Å². The van der Waals surface area contributed by atoms with Gasteiger partial charge in [0, 0.05) is 0 Å². The van der Waals surface area contributed by atoms with Crippen molar-refractivity contribution in [1.82, 2.24) is 0 Å². The summed E-state index contributed by atoms with van der Waals surface area (Å²) >= 11 is -7.59. The first-order valence-corrected chi connectivity index (χ1v) is 48.1. The quantitative estimate of drug-likeness (QED) is 0.179. The van der Waals surface area contributed by atoms with Gasteiger partial charge in [0.05, 0.1) is 0 Å². The van der Waals surface area contributed by atoms with Crippen LogP contribution in [0.15, 0.2) is 310 Å². The van der Waals surface area contributed by atoms with Crippen LogP contribution in [-0.2, 0) is 14.7 Å². The summed E-state index contributed by atoms with van der Waals surface area (Å²) in [6.07, 6.45) is 49.1. The van der Waals surface area contributed by atoms with Crippen molar-refractivity contribution in [2.24, 2.45) is 0 Å². The fourth-order valence-electron chi connectivity index (χ4n) is 20.5. The second kappa shape index (κ2) is 16.1. The zero-order chi connectivity index (χ0) is 51.4. The van der Waals surface area contributed by atoms with Gasteiger partial charge in [0.2, 0.25) is 0 Å². The normalized spacial score (nSPS) is 36.2. The van der Waals surface area contributed by atoms with Crippen molar-refractivity contribution in [3.63, 3.8) is 0 Å². The molecule has 10 aliphatic rings. The fourth-order valence-corrected chi connectivity index (χ4v) is 192. The second-order valence-electron chi connectivity index (χ2n) is 23.6. The van der Waals surface area contributed by atoms with E-state index in [1.54, 1.807) is 0 Å². The summed E-state index contributed by atoms with van der Waals surface area (Å²) in [7, 11) is 17.6. The van der Waals surface area contributed by atoms with Crippen LogP contribution in [0.5, 0.6) is 0 Å². The molecule has 0 N–H and O–H groups in total. The Morgan fingerprint density at radius 3 is 0.760 bits per heavy atom. The zero-order valence-electron chi connectivity index (χ0n) is 43.8. The molecular weight excluding hydrogens is 1150 g/mol. The van der Waals surface area contributed by atoms with Crippen molar-refractivity contribution >= 4 is 34.7 Å². The number of hydrogen-bond donors (Lipinski definition) is 0. The van der Waals surface area contributed by atoms with Crippen molar-refractivity contribution in [1.29, 1.82) is 0 Å². The minimum absolute atomic E-state index is 0.0344. The Kier molecular flexibility index (Phi) is 10.3. The molecule has 4 aromatic carbocycles. The monoisotopic (exact) mass is 1210 g/mol. The van der Waals surface area contributed by atoms with E-state index in [1.165, 1.54) is 89.1 Å². The van der Waals surface area contributed by atoms with Gasteiger partial charge in [-0.25, -0.2) is 0 Å². The van der Waals surface area contributed by atoms with Gasteiger partial charge in [0.25, 0.3) is 0 Å². The van der Waals surface area contributed by atoms with Crippen LogP contribution in [0.2, 0.25) is 24.3 Å². The molecule has 0 bridgehead atoms. The molecule has 2 saturated heterocycles. The van der Waals surface area contributed by atoms with Gasteiger partial charge in [-0.2, -0.15) is 0 Å². The maximum absolute atomic E-state index is 11.2. The standard InChI is InChI=1S/2C35H32Si.2ClH.Hf/c2*1-24-22-32-28(26-14-6-4-7-15-26)18-10-12-20-30(32)34(24)36(3)35-25(2)23-33-29(19-11-13-21-31(33)35)27-16-8-5-9-17-27;;;/h2*4-23,28-29,36H,1-3H3;2*1H;/q;;;;+2/p-2. The van der Waals surface area contributed by atoms with Crippen LogP contribution in [0.25, 0.3) is 0 Å². The first-order chi connectivity index (χ1) is 36.4. The molecule has 0 radical (unpaired) electrons. The third kappa shape index (κ3) is 4.85. The predicted octanol–water partition coefficient (Wildman–Crippen LogP) is 18.7. The summed E-state index contributed by atoms with van der Waals surface area (Å²) in [5.41, 5.74) is 21.9. The topological polar surface area (TPSA) is 0 Å². The first-order valence-electron chi connectivity index (χ1n) is 27.4. The summed E-state index contributed by atoms with van der Waals surface area (Å²) in [6.45, 7) is 15.5. The summed E-state index contributed by atoms with van der Waals surface area (Å²) in [5, 5.41) is 0. The molecule has 370 valence electrons. The van der Waals surface area contributed by atoms with E-state index in [0.717, 1.165) is 0 Å². The number of benzene rings is 4. The molecule has 2 aliphatic heterocycles. The summed E-state index contributed by atoms with van der Waals surface area (Å²) in [4.78, 5) is 0. The average Bonchev–Trinajstić information content (AvgIpc) is 3.35. The van der Waals surface area contributed by atoms with Crippen molar-refractivity contribution in [2.75, 3.05) is 0 Å². The molecule has 14 rings (SSSR count). The number of allylic oxidation sites excluding steroid dienone is 32. The maximum atomic E-state index is 11.2. The molecule has 4 aromatic rings. The van der Waals surface area contributed by atoms with Crippen molar-refractivity contribution < 1.29 is 14.7 Å². The Morgan fingerprint density at radius 2 is 0.547 bits per heavy atom. The molecule has 75 heavy (non-hydrogen) atoms. The van der Waals surface area contributed by atoms with E-state index in [-0.39, 0.29) is 23.7 Å². The van der Waals surface area contributed by atoms with Crippen LogP contribution in [-0.4, -0.2) is 17.6 Å². The average molecular weight is 1210 g/mol. The van der Waals surface area contributed by atoms with Gasteiger partial charge in [-0.05, 0) is 0 Å². The first kappa shape index (κ1) is 48.0. The minimum atomic E-state index is -7.59. The fraction of sp³-hybridized carbons (Fsp3) is 0.200. The third-order valence-electron chi connectivity index (χ3n) is 21.8. The Labute approximate surface area is 453 Å². The third-order valence-corrected chi connectivity index (χ3v) is 139. The van der Waals surface area contributed by atoms with Crippen LogP contribution < -0.4 is 0 Å². The van der Waals surface area contributed by atoms with Crippen LogP contribution in [0.1, 0.15) is 73.6 Å². The molecule has 8 unspecified atom stereocenters. The van der Waals surface area contributed by atoms with Crippen LogP contribution in [0, 0.1) is 0 Å². The molecule has 5 spiro atoms. The van der Waals surface area contributed by atoms with E-state index < -0.39 is 43.4 Å². The van der Waals surface area contributed by atoms with Crippen LogP contribution >= 0.6 is 17.2 Å². The SMILES string of the molecule is CC1=CC2=C(C=CC=CC2c2ccccc2)[C]12[SiH](C)[C]1(C(C)=CC3=C1C=CC=CC3c1ccccc1)[Hf]21([Cl])([Cl])[C]2(C(C)=CC3=C2C=CC=CC3c2ccccc2)[SiH](C)[C]12C(C)=CC1=C2C=CC=CC1c1ccccc1. The Hall–Kier alpha value is -5.40. The van der Waals surface area contributed by atoms with E-state index in [9.17, 15) is 17.2 Å². The molecule has 0 nitrogen and oxygen atoms in total. The van der Waals surface area contributed by atoms with Crippen molar-refractivity contribution in [3.05, 3.63) is 332 Å². The van der Waals surface area contributed by atoms with Gasteiger partial charge in [0.15, 0.2) is 0 Å². The Bertz CT molecular complexity index is 3270. The number of rotatable bonds is 4. The molecule has 0 amide bonds. The van der Waals surface area contributed by atoms with Gasteiger partial charge >= 0.3 is 457 Å². The van der Waals surface area contributed by atoms with Crippen molar-refractivity contribution in [2.45, 2.75) is 75.6 Å². The molecule has 8 aliphatic carbocycles. The van der Waals surface area contributed by atoms with Gasteiger partial charge in [-0.3, -0.25) is 0 Å². The number of hydrogen-bond acceptors (Lipinski definition) is 0. The zero-order valence-corrected chi connectivity index (χ0v) is 51.2. The summed E-state index contributed by atoms with van der Waals surface area (Å²) in [6, 6.07) is 44.8. The van der Waals surface area contributed by atoms with E-state index in [4.69, 9.17) is 0 Å². The Morgan fingerprint density at radius 1 is 0.333 bits per heavy atom. The number of halogens is 2.